The number of nitrogens with one attached hydrogen (secondary N) is 1. The molecular formula is C14H20N2O2. The second-order valence-corrected chi connectivity index (χ2v) is 4.91. The van der Waals surface area contributed by atoms with E-state index in [0.717, 1.165) is 19.5 Å². The lowest BCUT2D eigenvalue weighted by Gasteiger charge is -2.38. The van der Waals surface area contributed by atoms with Gasteiger partial charge in [-0.1, -0.05) is 25.1 Å². The molecule has 1 N–H and O–H groups in total. The lowest BCUT2D eigenvalue weighted by molar-refractivity contribution is 0.163. The van der Waals surface area contributed by atoms with E-state index in [0.29, 0.717) is 5.92 Å². The Hall–Kier alpha value is -1.71. The summed E-state index contributed by atoms with van der Waals surface area (Å²) in [4.78, 5) is 13.6. The van der Waals surface area contributed by atoms with Gasteiger partial charge in [-0.2, -0.15) is 0 Å². The molecule has 2 atom stereocenters. The van der Waals surface area contributed by atoms with Crippen molar-refractivity contribution in [2.24, 2.45) is 5.92 Å². The number of para-hydroxylation sites is 1. The molecule has 98 valence electrons. The lowest BCUT2D eigenvalue weighted by atomic mass is 9.95. The van der Waals surface area contributed by atoms with Crippen LogP contribution in [0.4, 0.5) is 10.5 Å². The zero-order valence-electron chi connectivity index (χ0n) is 10.9. The van der Waals surface area contributed by atoms with Crippen molar-refractivity contribution in [2.45, 2.75) is 19.4 Å². The highest BCUT2D eigenvalue weighted by atomic mass is 16.5. The smallest absolute Gasteiger partial charge is 0.407 e. The zero-order chi connectivity index (χ0) is 13.0. The average molecular weight is 248 g/mol. The number of hydrogen-bond donors (Lipinski definition) is 1. The number of benzene rings is 1. The van der Waals surface area contributed by atoms with Gasteiger partial charge >= 0.3 is 6.09 Å². The number of ether oxygens (including phenoxy) is 1. The van der Waals surface area contributed by atoms with Crippen LogP contribution in [0.5, 0.6) is 0 Å². The maximum Gasteiger partial charge on any atom is 0.407 e. The molecule has 0 spiro atoms. The molecule has 1 aromatic carbocycles. The lowest BCUT2D eigenvalue weighted by Crippen LogP contribution is -2.50. The van der Waals surface area contributed by atoms with E-state index in [1.54, 1.807) is 0 Å². The number of anilines is 1. The number of rotatable bonds is 2. The maximum absolute atomic E-state index is 11.3. The van der Waals surface area contributed by atoms with Crippen LogP contribution in [-0.2, 0) is 4.74 Å². The third kappa shape index (κ3) is 3.15. The molecule has 1 heterocycles. The monoisotopic (exact) mass is 248 g/mol. The quantitative estimate of drug-likeness (QED) is 0.873. The van der Waals surface area contributed by atoms with Crippen LogP contribution >= 0.6 is 0 Å². The Labute approximate surface area is 108 Å². The predicted octanol–water partition coefficient (Wildman–Crippen LogP) is 2.26. The Morgan fingerprint density at radius 3 is 2.72 bits per heavy atom. The highest BCUT2D eigenvalue weighted by Gasteiger charge is 2.26. The summed E-state index contributed by atoms with van der Waals surface area (Å²) in [6.45, 7) is 4.08. The first-order valence-electron chi connectivity index (χ1n) is 6.33. The largest absolute Gasteiger partial charge is 0.453 e. The van der Waals surface area contributed by atoms with Gasteiger partial charge in [-0.15, -0.1) is 0 Å². The van der Waals surface area contributed by atoms with Crippen molar-refractivity contribution in [3.63, 3.8) is 0 Å². The number of nitrogens with zero attached hydrogens (tertiary/aromatic N) is 1. The van der Waals surface area contributed by atoms with Gasteiger partial charge in [-0.25, -0.2) is 4.79 Å². The van der Waals surface area contributed by atoms with E-state index in [4.69, 9.17) is 0 Å². The van der Waals surface area contributed by atoms with Crippen molar-refractivity contribution >= 4 is 11.8 Å². The Kier molecular flexibility index (Phi) is 4.07. The number of piperidine rings is 1. The minimum Gasteiger partial charge on any atom is -0.453 e. The van der Waals surface area contributed by atoms with E-state index in [2.05, 4.69) is 34.0 Å². The summed E-state index contributed by atoms with van der Waals surface area (Å²) < 4.78 is 4.66. The Morgan fingerprint density at radius 1 is 1.33 bits per heavy atom. The highest BCUT2D eigenvalue weighted by Crippen LogP contribution is 2.22. The van der Waals surface area contributed by atoms with Gasteiger partial charge in [-0.05, 0) is 24.5 Å². The first kappa shape index (κ1) is 12.7. The van der Waals surface area contributed by atoms with E-state index < -0.39 is 0 Å². The van der Waals surface area contributed by atoms with Crippen LogP contribution in [0.2, 0.25) is 0 Å². The first-order chi connectivity index (χ1) is 8.69. The average Bonchev–Trinajstić information content (AvgIpc) is 2.39. The van der Waals surface area contributed by atoms with E-state index in [-0.39, 0.29) is 12.1 Å². The molecule has 0 radical (unpaired) electrons. The Morgan fingerprint density at radius 2 is 2.06 bits per heavy atom. The molecule has 1 saturated heterocycles. The molecule has 0 bridgehead atoms. The molecule has 1 amide bonds. The van der Waals surface area contributed by atoms with Crippen molar-refractivity contribution in [2.75, 3.05) is 25.1 Å². The van der Waals surface area contributed by atoms with Crippen molar-refractivity contribution < 1.29 is 9.53 Å². The van der Waals surface area contributed by atoms with Crippen LogP contribution in [0.15, 0.2) is 30.3 Å². The molecular weight excluding hydrogens is 228 g/mol. The van der Waals surface area contributed by atoms with Crippen LogP contribution in [0.1, 0.15) is 13.3 Å². The van der Waals surface area contributed by atoms with Gasteiger partial charge in [0.1, 0.15) is 0 Å². The fourth-order valence-electron chi connectivity index (χ4n) is 2.53. The van der Waals surface area contributed by atoms with Gasteiger partial charge in [-0.3, -0.25) is 0 Å². The third-order valence-corrected chi connectivity index (χ3v) is 3.29. The molecule has 0 aromatic heterocycles. The summed E-state index contributed by atoms with van der Waals surface area (Å²) in [5.41, 5.74) is 1.21. The normalized spacial score (nSPS) is 23.6. The Bertz CT molecular complexity index is 394. The Balaban J connectivity index is 2.03. The van der Waals surface area contributed by atoms with Gasteiger partial charge in [0.05, 0.1) is 7.11 Å². The van der Waals surface area contributed by atoms with E-state index in [9.17, 15) is 4.79 Å². The fourth-order valence-corrected chi connectivity index (χ4v) is 2.53. The van der Waals surface area contributed by atoms with Crippen LogP contribution in [-0.4, -0.2) is 32.3 Å². The molecule has 1 aliphatic rings. The number of amides is 1. The number of carbonyl (C=O) groups is 1. The van der Waals surface area contributed by atoms with E-state index in [1.165, 1.54) is 12.8 Å². The number of alkyl carbamates (subject to hydrolysis) is 1. The van der Waals surface area contributed by atoms with Gasteiger partial charge in [0, 0.05) is 24.8 Å². The van der Waals surface area contributed by atoms with Gasteiger partial charge in [0.25, 0.3) is 0 Å². The van der Waals surface area contributed by atoms with Gasteiger partial charge < -0.3 is 15.0 Å². The van der Waals surface area contributed by atoms with E-state index >= 15 is 0 Å². The molecule has 1 fully saturated rings. The highest BCUT2D eigenvalue weighted by molar-refractivity contribution is 5.67. The number of methoxy groups -OCH3 is 1. The number of hydrogen-bond acceptors (Lipinski definition) is 3. The second kappa shape index (κ2) is 5.76. The van der Waals surface area contributed by atoms with Crippen LogP contribution < -0.4 is 10.2 Å². The first-order valence-corrected chi connectivity index (χ1v) is 6.33. The molecule has 4 heteroatoms. The summed E-state index contributed by atoms with van der Waals surface area (Å²) in [5.74, 6) is 0.557. The summed E-state index contributed by atoms with van der Waals surface area (Å²) in [6, 6.07) is 10.5. The zero-order valence-corrected chi connectivity index (χ0v) is 10.9. The molecule has 18 heavy (non-hydrogen) atoms. The van der Waals surface area contributed by atoms with Gasteiger partial charge in [0.15, 0.2) is 0 Å². The third-order valence-electron chi connectivity index (χ3n) is 3.29. The molecule has 0 saturated carbocycles. The van der Waals surface area contributed by atoms with Crippen molar-refractivity contribution in [3.8, 4) is 0 Å². The molecule has 1 aliphatic heterocycles. The minimum absolute atomic E-state index is 0.154. The summed E-state index contributed by atoms with van der Waals surface area (Å²) >= 11 is 0. The van der Waals surface area contributed by atoms with Crippen LogP contribution in [0, 0.1) is 5.92 Å². The molecule has 2 unspecified atom stereocenters. The van der Waals surface area contributed by atoms with Gasteiger partial charge in [0.2, 0.25) is 0 Å². The summed E-state index contributed by atoms with van der Waals surface area (Å²) in [7, 11) is 1.40. The molecule has 4 nitrogen and oxygen atoms in total. The maximum atomic E-state index is 11.3. The second-order valence-electron chi connectivity index (χ2n) is 4.91. The van der Waals surface area contributed by atoms with Crippen molar-refractivity contribution in [1.82, 2.24) is 5.32 Å². The minimum atomic E-state index is -0.345. The van der Waals surface area contributed by atoms with E-state index in [1.807, 2.05) is 18.2 Å². The molecule has 0 aliphatic carbocycles. The fraction of sp³-hybridized carbons (Fsp3) is 0.500. The molecule has 2 rings (SSSR count). The van der Waals surface area contributed by atoms with Crippen molar-refractivity contribution in [3.05, 3.63) is 30.3 Å². The summed E-state index contributed by atoms with van der Waals surface area (Å²) in [5, 5.41) is 2.90. The molecule has 1 aromatic rings. The predicted molar refractivity (Wildman–Crippen MR) is 71.8 cm³/mol. The SMILES string of the molecule is COC(=O)NC1CC(C)CN(c2ccccc2)C1. The van der Waals surface area contributed by atoms with Crippen LogP contribution in [0.25, 0.3) is 0 Å². The van der Waals surface area contributed by atoms with Crippen molar-refractivity contribution in [1.29, 1.82) is 0 Å². The topological polar surface area (TPSA) is 41.6 Å². The number of carbonyl (C=O) groups excluding carboxylic acids is 1. The summed E-state index contributed by atoms with van der Waals surface area (Å²) in [6.07, 6.45) is 0.653. The standard InChI is InChI=1S/C14H20N2O2/c1-11-8-12(15-14(17)18-2)10-16(9-11)13-6-4-3-5-7-13/h3-7,11-12H,8-10H2,1-2H3,(H,15,17). The van der Waals surface area contributed by atoms with Crippen LogP contribution in [0.3, 0.4) is 0 Å².